The summed E-state index contributed by atoms with van der Waals surface area (Å²) in [4.78, 5) is 10.3. The van der Waals surface area contributed by atoms with Crippen molar-refractivity contribution in [1.29, 1.82) is 0 Å². The standard InChI is InChI=1S/C9H15NO4/c1-7(10-6-11)9-12-3-8(2,4-13-9)5-14-9/h6-7H,3-5H2,1-2H3,(H,10,11). The molecule has 3 heterocycles. The molecule has 0 radical (unpaired) electrons. The van der Waals surface area contributed by atoms with E-state index in [4.69, 9.17) is 14.2 Å². The zero-order valence-electron chi connectivity index (χ0n) is 8.41. The lowest BCUT2D eigenvalue weighted by atomic mass is 9.91. The molecule has 1 N–H and O–H groups in total. The molecular formula is C9H15NO4. The number of rotatable bonds is 3. The van der Waals surface area contributed by atoms with Gasteiger partial charge in [-0.3, -0.25) is 4.79 Å². The molecule has 5 heteroatoms. The number of nitrogens with one attached hydrogen (secondary N) is 1. The monoisotopic (exact) mass is 201 g/mol. The first kappa shape index (κ1) is 9.89. The Morgan fingerprint density at radius 1 is 1.29 bits per heavy atom. The van der Waals surface area contributed by atoms with Gasteiger partial charge < -0.3 is 19.5 Å². The van der Waals surface area contributed by atoms with Crippen LogP contribution in [-0.4, -0.2) is 38.2 Å². The molecule has 3 aliphatic rings. The molecule has 0 aliphatic carbocycles. The Hall–Kier alpha value is -0.650. The molecule has 2 bridgehead atoms. The highest BCUT2D eigenvalue weighted by Crippen LogP contribution is 2.39. The van der Waals surface area contributed by atoms with Crippen LogP contribution in [-0.2, 0) is 19.0 Å². The van der Waals surface area contributed by atoms with Crippen molar-refractivity contribution in [2.75, 3.05) is 19.8 Å². The summed E-state index contributed by atoms with van der Waals surface area (Å²) >= 11 is 0. The van der Waals surface area contributed by atoms with E-state index >= 15 is 0 Å². The summed E-state index contributed by atoms with van der Waals surface area (Å²) in [5, 5.41) is 2.59. The van der Waals surface area contributed by atoms with Gasteiger partial charge in [-0.25, -0.2) is 0 Å². The summed E-state index contributed by atoms with van der Waals surface area (Å²) in [5.74, 6) is -1.07. The van der Waals surface area contributed by atoms with Crippen LogP contribution in [0.3, 0.4) is 0 Å². The van der Waals surface area contributed by atoms with Crippen molar-refractivity contribution in [3.8, 4) is 0 Å². The Kier molecular flexibility index (Phi) is 2.25. The van der Waals surface area contributed by atoms with E-state index in [0.717, 1.165) is 0 Å². The molecule has 1 amide bonds. The zero-order chi connectivity index (χ0) is 10.2. The second-order valence-electron chi connectivity index (χ2n) is 4.29. The van der Waals surface area contributed by atoms with E-state index in [-0.39, 0.29) is 11.5 Å². The number of ether oxygens (including phenoxy) is 3. The van der Waals surface area contributed by atoms with Crippen LogP contribution >= 0.6 is 0 Å². The number of hydrogen-bond donors (Lipinski definition) is 1. The predicted octanol–water partition coefficient (Wildman–Crippen LogP) is -0.142. The zero-order valence-corrected chi connectivity index (χ0v) is 8.41. The first-order valence-electron chi connectivity index (χ1n) is 4.72. The Balaban J connectivity index is 2.07. The smallest absolute Gasteiger partial charge is 0.304 e. The van der Waals surface area contributed by atoms with E-state index in [0.29, 0.717) is 26.2 Å². The van der Waals surface area contributed by atoms with E-state index in [9.17, 15) is 4.79 Å². The van der Waals surface area contributed by atoms with Gasteiger partial charge in [0.25, 0.3) is 0 Å². The van der Waals surface area contributed by atoms with Crippen molar-refractivity contribution in [2.24, 2.45) is 5.41 Å². The van der Waals surface area contributed by atoms with Crippen LogP contribution in [0.4, 0.5) is 0 Å². The van der Waals surface area contributed by atoms with Gasteiger partial charge in [-0.15, -0.1) is 0 Å². The molecule has 5 nitrogen and oxygen atoms in total. The minimum absolute atomic E-state index is 0.0390. The molecule has 0 spiro atoms. The van der Waals surface area contributed by atoms with E-state index < -0.39 is 5.97 Å². The van der Waals surface area contributed by atoms with Crippen LogP contribution in [0.5, 0.6) is 0 Å². The molecule has 3 rings (SSSR count). The highest BCUT2D eigenvalue weighted by molar-refractivity contribution is 5.46. The fourth-order valence-electron chi connectivity index (χ4n) is 1.65. The molecule has 80 valence electrons. The number of amides is 1. The third-order valence-electron chi connectivity index (χ3n) is 2.71. The molecule has 14 heavy (non-hydrogen) atoms. The van der Waals surface area contributed by atoms with Gasteiger partial charge in [0.05, 0.1) is 19.8 Å². The van der Waals surface area contributed by atoms with Crippen LogP contribution in [0.25, 0.3) is 0 Å². The summed E-state index contributed by atoms with van der Waals surface area (Å²) in [6.07, 6.45) is 0.623. The third-order valence-corrected chi connectivity index (χ3v) is 2.71. The first-order valence-corrected chi connectivity index (χ1v) is 4.72. The van der Waals surface area contributed by atoms with Crippen molar-refractivity contribution in [3.05, 3.63) is 0 Å². The number of carbonyl (C=O) groups excluding carboxylic acids is 1. The normalized spacial score (nSPS) is 43.3. The summed E-state index contributed by atoms with van der Waals surface area (Å²) < 4.78 is 16.5. The van der Waals surface area contributed by atoms with Gasteiger partial charge in [0.1, 0.15) is 6.04 Å². The number of fused-ring (bicyclic) bond motifs is 3. The van der Waals surface area contributed by atoms with Crippen LogP contribution < -0.4 is 5.32 Å². The van der Waals surface area contributed by atoms with Crippen molar-refractivity contribution in [3.63, 3.8) is 0 Å². The molecule has 1 atom stereocenters. The van der Waals surface area contributed by atoms with E-state index in [2.05, 4.69) is 5.32 Å². The highest BCUT2D eigenvalue weighted by atomic mass is 16.9. The lowest BCUT2D eigenvalue weighted by Gasteiger charge is -2.52. The molecule has 0 saturated carbocycles. The maximum absolute atomic E-state index is 10.3. The van der Waals surface area contributed by atoms with Gasteiger partial charge in [0.15, 0.2) is 0 Å². The number of hydrogen-bond acceptors (Lipinski definition) is 4. The highest BCUT2D eigenvalue weighted by Gasteiger charge is 2.53. The quantitative estimate of drug-likeness (QED) is 0.646. The Labute approximate surface area is 82.7 Å². The van der Waals surface area contributed by atoms with E-state index in [1.54, 1.807) is 6.92 Å². The van der Waals surface area contributed by atoms with Gasteiger partial charge in [-0.05, 0) is 6.92 Å². The third kappa shape index (κ3) is 1.41. The molecule has 3 fully saturated rings. The van der Waals surface area contributed by atoms with Gasteiger partial charge >= 0.3 is 5.97 Å². The lowest BCUT2D eigenvalue weighted by Crippen LogP contribution is -2.65. The SMILES string of the molecule is CC(NC=O)C12OCC(C)(CO1)CO2. The maximum Gasteiger partial charge on any atom is 0.304 e. The molecule has 0 aromatic rings. The Morgan fingerprint density at radius 3 is 2.21 bits per heavy atom. The van der Waals surface area contributed by atoms with E-state index in [1.165, 1.54) is 0 Å². The maximum atomic E-state index is 10.3. The fourth-order valence-corrected chi connectivity index (χ4v) is 1.65. The van der Waals surface area contributed by atoms with Crippen molar-refractivity contribution in [2.45, 2.75) is 25.9 Å². The van der Waals surface area contributed by atoms with Crippen LogP contribution in [0.15, 0.2) is 0 Å². The minimum Gasteiger partial charge on any atom is -0.348 e. The molecular weight excluding hydrogens is 186 g/mol. The average molecular weight is 201 g/mol. The van der Waals surface area contributed by atoms with Gasteiger partial charge in [0, 0.05) is 5.41 Å². The minimum atomic E-state index is -1.07. The average Bonchev–Trinajstić information content (AvgIpc) is 2.20. The second kappa shape index (κ2) is 3.18. The Bertz CT molecular complexity index is 218. The van der Waals surface area contributed by atoms with Crippen molar-refractivity contribution < 1.29 is 19.0 Å². The Morgan fingerprint density at radius 2 is 1.79 bits per heavy atom. The largest absolute Gasteiger partial charge is 0.348 e. The first-order chi connectivity index (χ1) is 6.60. The van der Waals surface area contributed by atoms with Gasteiger partial charge in [-0.1, -0.05) is 6.92 Å². The molecule has 3 aliphatic heterocycles. The fraction of sp³-hybridized carbons (Fsp3) is 0.889. The van der Waals surface area contributed by atoms with Gasteiger partial charge in [-0.2, -0.15) is 0 Å². The molecule has 0 aromatic heterocycles. The number of carbonyl (C=O) groups is 1. The van der Waals surface area contributed by atoms with Gasteiger partial charge in [0.2, 0.25) is 6.41 Å². The predicted molar refractivity (Wildman–Crippen MR) is 47.4 cm³/mol. The van der Waals surface area contributed by atoms with Crippen LogP contribution in [0.1, 0.15) is 13.8 Å². The van der Waals surface area contributed by atoms with Crippen LogP contribution in [0.2, 0.25) is 0 Å². The summed E-state index contributed by atoms with van der Waals surface area (Å²) in [7, 11) is 0. The summed E-state index contributed by atoms with van der Waals surface area (Å²) in [6, 6.07) is -0.301. The molecule has 1 unspecified atom stereocenters. The topological polar surface area (TPSA) is 56.8 Å². The molecule has 0 aromatic carbocycles. The van der Waals surface area contributed by atoms with Crippen molar-refractivity contribution in [1.82, 2.24) is 5.32 Å². The molecule has 3 saturated heterocycles. The summed E-state index contributed by atoms with van der Waals surface area (Å²) in [5.41, 5.74) is -0.0390. The van der Waals surface area contributed by atoms with E-state index in [1.807, 2.05) is 6.92 Å². The van der Waals surface area contributed by atoms with Crippen LogP contribution in [0, 0.1) is 5.41 Å². The summed E-state index contributed by atoms with van der Waals surface area (Å²) in [6.45, 7) is 5.67. The van der Waals surface area contributed by atoms with Crippen molar-refractivity contribution >= 4 is 6.41 Å². The second-order valence-corrected chi connectivity index (χ2v) is 4.29. The lowest BCUT2D eigenvalue weighted by molar-refractivity contribution is -0.472.